The van der Waals surface area contributed by atoms with Gasteiger partial charge in [0.25, 0.3) is 0 Å². The number of halogens is 1. The average Bonchev–Trinajstić information content (AvgIpc) is 2.19. The largest absolute Gasteiger partial charge is 0.328 e. The summed E-state index contributed by atoms with van der Waals surface area (Å²) < 4.78 is 14.6. The van der Waals surface area contributed by atoms with Gasteiger partial charge in [-0.15, -0.1) is 0 Å². The Morgan fingerprint density at radius 3 is 2.86 bits per heavy atom. The van der Waals surface area contributed by atoms with E-state index in [2.05, 4.69) is 6.08 Å². The third kappa shape index (κ3) is 2.00. The van der Waals surface area contributed by atoms with Crippen LogP contribution in [0.1, 0.15) is 51.4 Å². The van der Waals surface area contributed by atoms with Crippen LogP contribution in [-0.4, -0.2) is 11.7 Å². The van der Waals surface area contributed by atoms with E-state index in [1.807, 2.05) is 0 Å². The molecular weight excluding hydrogens is 177 g/mol. The first kappa shape index (κ1) is 10.2. The maximum Gasteiger partial charge on any atom is 0.133 e. The van der Waals surface area contributed by atoms with E-state index in [9.17, 15) is 4.39 Å². The number of hydrogen-bond acceptors (Lipinski definition) is 1. The summed E-state index contributed by atoms with van der Waals surface area (Å²) in [6.45, 7) is 0. The molecule has 0 radical (unpaired) electrons. The first-order chi connectivity index (χ1) is 6.71. The summed E-state index contributed by atoms with van der Waals surface area (Å²) in [6.07, 6.45) is 9.75. The molecule has 0 heterocycles. The van der Waals surface area contributed by atoms with E-state index in [-0.39, 0.29) is 6.04 Å². The molecule has 1 fully saturated rings. The highest BCUT2D eigenvalue weighted by Crippen LogP contribution is 2.41. The predicted molar refractivity (Wildman–Crippen MR) is 56.8 cm³/mol. The zero-order chi connectivity index (χ0) is 10.0. The minimum atomic E-state index is -1.04. The fourth-order valence-corrected chi connectivity index (χ4v) is 2.80. The monoisotopic (exact) mass is 197 g/mol. The van der Waals surface area contributed by atoms with E-state index in [0.717, 1.165) is 37.7 Å². The van der Waals surface area contributed by atoms with Crippen molar-refractivity contribution in [2.24, 2.45) is 5.73 Å². The van der Waals surface area contributed by atoms with Crippen LogP contribution in [-0.2, 0) is 0 Å². The maximum atomic E-state index is 14.6. The van der Waals surface area contributed by atoms with Crippen LogP contribution in [0.3, 0.4) is 0 Å². The van der Waals surface area contributed by atoms with Gasteiger partial charge in [-0.1, -0.05) is 6.08 Å². The third-order valence-corrected chi connectivity index (χ3v) is 3.60. The Morgan fingerprint density at radius 2 is 2.21 bits per heavy atom. The smallest absolute Gasteiger partial charge is 0.133 e. The van der Waals surface area contributed by atoms with Crippen molar-refractivity contribution in [2.45, 2.75) is 63.1 Å². The summed E-state index contributed by atoms with van der Waals surface area (Å²) in [5, 5.41) is 0. The first-order valence-electron chi connectivity index (χ1n) is 5.85. The molecule has 2 N–H and O–H groups in total. The second-order valence-corrected chi connectivity index (χ2v) is 4.80. The van der Waals surface area contributed by atoms with Crippen molar-refractivity contribution in [1.82, 2.24) is 0 Å². The molecule has 0 aromatic rings. The Bertz CT molecular complexity index is 236. The molecule has 2 unspecified atom stereocenters. The lowest BCUT2D eigenvalue weighted by Crippen LogP contribution is -2.39. The van der Waals surface area contributed by atoms with E-state index in [1.165, 1.54) is 6.42 Å². The molecule has 1 saturated carbocycles. The van der Waals surface area contributed by atoms with Gasteiger partial charge in [0.05, 0.1) is 0 Å². The Labute approximate surface area is 85.6 Å². The molecular formula is C12H20FN. The molecule has 2 rings (SSSR count). The summed E-state index contributed by atoms with van der Waals surface area (Å²) in [4.78, 5) is 0. The zero-order valence-corrected chi connectivity index (χ0v) is 8.77. The molecule has 2 atom stereocenters. The van der Waals surface area contributed by atoms with Gasteiger partial charge in [0.15, 0.2) is 0 Å². The molecule has 0 aliphatic heterocycles. The fraction of sp³-hybridized carbons (Fsp3) is 0.833. The van der Waals surface area contributed by atoms with Crippen LogP contribution in [0.25, 0.3) is 0 Å². The Kier molecular flexibility index (Phi) is 2.91. The molecule has 2 heteroatoms. The molecule has 1 nitrogen and oxygen atoms in total. The van der Waals surface area contributed by atoms with Crippen molar-refractivity contribution in [1.29, 1.82) is 0 Å². The second-order valence-electron chi connectivity index (χ2n) is 4.80. The summed E-state index contributed by atoms with van der Waals surface area (Å²) in [5.74, 6) is 0. The van der Waals surface area contributed by atoms with Crippen LogP contribution in [0.4, 0.5) is 4.39 Å². The minimum absolute atomic E-state index is 0.0802. The van der Waals surface area contributed by atoms with Crippen LogP contribution >= 0.6 is 0 Å². The van der Waals surface area contributed by atoms with E-state index >= 15 is 0 Å². The van der Waals surface area contributed by atoms with Gasteiger partial charge in [-0.2, -0.15) is 0 Å². The van der Waals surface area contributed by atoms with Gasteiger partial charge >= 0.3 is 0 Å². The first-order valence-corrected chi connectivity index (χ1v) is 5.85. The molecule has 2 aliphatic rings. The number of nitrogens with two attached hydrogens (primary N) is 1. The van der Waals surface area contributed by atoms with Gasteiger partial charge < -0.3 is 5.73 Å². The molecule has 0 aromatic heterocycles. The van der Waals surface area contributed by atoms with E-state index < -0.39 is 5.67 Å². The predicted octanol–water partition coefficient (Wildman–Crippen LogP) is 3.10. The minimum Gasteiger partial charge on any atom is -0.328 e. The lowest BCUT2D eigenvalue weighted by molar-refractivity contribution is 0.129. The van der Waals surface area contributed by atoms with Crippen LogP contribution < -0.4 is 5.73 Å². The van der Waals surface area contributed by atoms with Gasteiger partial charge in [0.2, 0.25) is 0 Å². The molecule has 80 valence electrons. The van der Waals surface area contributed by atoms with E-state index in [4.69, 9.17) is 5.73 Å². The summed E-state index contributed by atoms with van der Waals surface area (Å²) in [5.41, 5.74) is 5.86. The quantitative estimate of drug-likeness (QED) is 0.642. The molecule has 2 aliphatic carbocycles. The van der Waals surface area contributed by atoms with E-state index in [1.54, 1.807) is 0 Å². The number of allylic oxidation sites excluding steroid dienone is 2. The molecule has 0 spiro atoms. The van der Waals surface area contributed by atoms with Crippen molar-refractivity contribution in [3.05, 3.63) is 11.6 Å². The molecule has 0 aromatic carbocycles. The van der Waals surface area contributed by atoms with Crippen molar-refractivity contribution in [3.63, 3.8) is 0 Å². The highest BCUT2D eigenvalue weighted by Gasteiger charge is 2.38. The number of rotatable bonds is 1. The van der Waals surface area contributed by atoms with Crippen molar-refractivity contribution < 1.29 is 4.39 Å². The van der Waals surface area contributed by atoms with Gasteiger partial charge in [0, 0.05) is 12.5 Å². The van der Waals surface area contributed by atoms with Gasteiger partial charge in [-0.3, -0.25) is 0 Å². The van der Waals surface area contributed by atoms with Crippen LogP contribution in [0, 0.1) is 0 Å². The lowest BCUT2D eigenvalue weighted by Gasteiger charge is -2.36. The molecule has 0 bridgehead atoms. The molecule has 0 amide bonds. The van der Waals surface area contributed by atoms with Gasteiger partial charge in [0.1, 0.15) is 5.67 Å². The normalized spacial score (nSPS) is 39.3. The standard InChI is InChI=1S/C12H20FN/c13-12(8-4-7-11(14)9-12)10-5-2-1-3-6-10/h5,11H,1-4,6-9,14H2. The van der Waals surface area contributed by atoms with Crippen LogP contribution in [0.15, 0.2) is 11.6 Å². The van der Waals surface area contributed by atoms with Crippen molar-refractivity contribution in [3.8, 4) is 0 Å². The Hall–Kier alpha value is -0.370. The fourth-order valence-electron chi connectivity index (χ4n) is 2.80. The van der Waals surface area contributed by atoms with Crippen molar-refractivity contribution in [2.75, 3.05) is 0 Å². The summed E-state index contributed by atoms with van der Waals surface area (Å²) in [6, 6.07) is 0.0802. The second kappa shape index (κ2) is 4.01. The Morgan fingerprint density at radius 1 is 1.36 bits per heavy atom. The van der Waals surface area contributed by atoms with Crippen molar-refractivity contribution >= 4 is 0 Å². The average molecular weight is 197 g/mol. The van der Waals surface area contributed by atoms with E-state index in [0.29, 0.717) is 12.8 Å². The van der Waals surface area contributed by atoms with Crippen LogP contribution in [0.5, 0.6) is 0 Å². The SMILES string of the molecule is NC1CCCC(F)(C2=CCCCC2)C1. The highest BCUT2D eigenvalue weighted by molar-refractivity contribution is 5.20. The summed E-state index contributed by atoms with van der Waals surface area (Å²) in [7, 11) is 0. The van der Waals surface area contributed by atoms with Gasteiger partial charge in [-0.25, -0.2) is 4.39 Å². The Balaban J connectivity index is 2.09. The molecule has 0 saturated heterocycles. The van der Waals surface area contributed by atoms with Gasteiger partial charge in [-0.05, 0) is 50.5 Å². The third-order valence-electron chi connectivity index (χ3n) is 3.60. The highest BCUT2D eigenvalue weighted by atomic mass is 19.1. The number of alkyl halides is 1. The molecule has 14 heavy (non-hydrogen) atoms. The topological polar surface area (TPSA) is 26.0 Å². The maximum absolute atomic E-state index is 14.6. The van der Waals surface area contributed by atoms with Crippen LogP contribution in [0.2, 0.25) is 0 Å². The summed E-state index contributed by atoms with van der Waals surface area (Å²) >= 11 is 0. The number of hydrogen-bond donors (Lipinski definition) is 1. The lowest BCUT2D eigenvalue weighted by atomic mass is 9.75. The zero-order valence-electron chi connectivity index (χ0n) is 8.77.